The molecule has 0 fully saturated rings. The van der Waals surface area contributed by atoms with Gasteiger partial charge in [-0.05, 0) is 181 Å². The first-order valence-electron chi connectivity index (χ1n) is 25.1. The SMILES string of the molecule is Cc1cccc(-c2c3c(c(-c4cccc(C)c4)c4ccccc24)-c2ccc4c5c(ccc-3c25)-c2c(-c3ccc5c(c3)C(C)(C)c3ccccc3-5)ccc(-c3ccc5c(c3)C(C)(C)c3ccccc3-5)c2-4)c1. The lowest BCUT2D eigenvalue weighted by atomic mass is 9.80. The van der Waals surface area contributed by atoms with Gasteiger partial charge in [-0.1, -0.05) is 221 Å². The van der Waals surface area contributed by atoms with Crippen LogP contribution >= 0.6 is 0 Å². The minimum Gasteiger partial charge on any atom is -0.0619 e. The molecule has 0 spiro atoms. The second kappa shape index (κ2) is 13.8. The molecule has 330 valence electrons. The molecule has 0 heterocycles. The van der Waals surface area contributed by atoms with Crippen LogP contribution in [-0.2, 0) is 10.8 Å². The summed E-state index contributed by atoms with van der Waals surface area (Å²) in [6.07, 6.45) is 0. The zero-order chi connectivity index (χ0) is 46.9. The Bertz CT molecular complexity index is 3920. The third kappa shape index (κ3) is 5.11. The van der Waals surface area contributed by atoms with Crippen molar-refractivity contribution in [3.05, 3.63) is 228 Å². The summed E-state index contributed by atoms with van der Waals surface area (Å²) >= 11 is 0. The summed E-state index contributed by atoms with van der Waals surface area (Å²) in [6.45, 7) is 14.0. The number of rotatable bonds is 4. The summed E-state index contributed by atoms with van der Waals surface area (Å²) in [6, 6.07) is 74.9. The van der Waals surface area contributed by atoms with E-state index in [9.17, 15) is 0 Å². The zero-order valence-electron chi connectivity index (χ0n) is 40.5. The fraction of sp³-hybridized carbons (Fsp3) is 0.114. The van der Waals surface area contributed by atoms with Crippen LogP contribution in [0.3, 0.4) is 0 Å². The van der Waals surface area contributed by atoms with Crippen molar-refractivity contribution >= 4 is 21.5 Å². The van der Waals surface area contributed by atoms with Crippen molar-refractivity contribution in [1.29, 1.82) is 0 Å². The Morgan fingerprint density at radius 1 is 0.243 bits per heavy atom. The van der Waals surface area contributed by atoms with Crippen LogP contribution in [-0.4, -0.2) is 0 Å². The van der Waals surface area contributed by atoms with Crippen molar-refractivity contribution in [1.82, 2.24) is 0 Å². The molecule has 70 heavy (non-hydrogen) atoms. The van der Waals surface area contributed by atoms with Crippen LogP contribution in [0, 0.1) is 13.8 Å². The minimum atomic E-state index is -0.106. The topological polar surface area (TPSA) is 0 Å². The van der Waals surface area contributed by atoms with Crippen LogP contribution < -0.4 is 0 Å². The van der Waals surface area contributed by atoms with E-state index >= 15 is 0 Å². The molecule has 11 aromatic carbocycles. The average molecular weight is 891 g/mol. The first-order chi connectivity index (χ1) is 34.1. The Labute approximate surface area is 410 Å². The fourth-order valence-electron chi connectivity index (χ4n) is 13.9. The van der Waals surface area contributed by atoms with Crippen molar-refractivity contribution in [2.24, 2.45) is 0 Å². The highest BCUT2D eigenvalue weighted by Crippen LogP contribution is 2.64. The van der Waals surface area contributed by atoms with Gasteiger partial charge in [-0.2, -0.15) is 0 Å². The largest absolute Gasteiger partial charge is 0.0619 e. The average Bonchev–Trinajstić information content (AvgIpc) is 4.04. The van der Waals surface area contributed by atoms with E-state index in [1.165, 1.54) is 166 Å². The van der Waals surface area contributed by atoms with Gasteiger partial charge in [0.1, 0.15) is 0 Å². The smallest absolute Gasteiger partial charge is 0.0159 e. The first kappa shape index (κ1) is 39.9. The Balaban J connectivity index is 1.03. The van der Waals surface area contributed by atoms with Crippen molar-refractivity contribution in [2.45, 2.75) is 52.4 Å². The molecule has 4 aliphatic rings. The van der Waals surface area contributed by atoms with E-state index in [1.54, 1.807) is 0 Å². The lowest BCUT2D eigenvalue weighted by molar-refractivity contribution is 0.660. The van der Waals surface area contributed by atoms with Gasteiger partial charge >= 0.3 is 0 Å². The van der Waals surface area contributed by atoms with Crippen LogP contribution in [0.1, 0.15) is 61.1 Å². The summed E-state index contributed by atoms with van der Waals surface area (Å²) in [4.78, 5) is 0. The highest BCUT2D eigenvalue weighted by atomic mass is 14.4. The van der Waals surface area contributed by atoms with Crippen molar-refractivity contribution in [3.8, 4) is 111 Å². The van der Waals surface area contributed by atoms with Crippen LogP contribution in [0.5, 0.6) is 0 Å². The van der Waals surface area contributed by atoms with Crippen molar-refractivity contribution < 1.29 is 0 Å². The van der Waals surface area contributed by atoms with Gasteiger partial charge in [0.05, 0.1) is 0 Å². The molecular formula is C70H50. The van der Waals surface area contributed by atoms with E-state index in [4.69, 9.17) is 0 Å². The number of benzene rings is 11. The van der Waals surface area contributed by atoms with Crippen molar-refractivity contribution in [2.75, 3.05) is 0 Å². The summed E-state index contributed by atoms with van der Waals surface area (Å²) < 4.78 is 0. The molecule has 0 saturated carbocycles. The Kier molecular flexibility index (Phi) is 7.87. The van der Waals surface area contributed by atoms with E-state index in [0.717, 1.165) is 0 Å². The van der Waals surface area contributed by atoms with Crippen LogP contribution in [0.4, 0.5) is 0 Å². The van der Waals surface area contributed by atoms with Gasteiger partial charge in [0.2, 0.25) is 0 Å². The summed E-state index contributed by atoms with van der Waals surface area (Å²) in [5.74, 6) is 0. The molecule has 0 amide bonds. The van der Waals surface area contributed by atoms with Crippen LogP contribution in [0.2, 0.25) is 0 Å². The molecule has 15 rings (SSSR count). The Morgan fingerprint density at radius 3 is 1.03 bits per heavy atom. The Hall–Kier alpha value is -8.06. The highest BCUT2D eigenvalue weighted by molar-refractivity contribution is 6.33. The van der Waals surface area contributed by atoms with E-state index in [1.807, 2.05) is 0 Å². The maximum atomic E-state index is 2.52. The zero-order valence-corrected chi connectivity index (χ0v) is 40.5. The predicted molar refractivity (Wildman–Crippen MR) is 297 cm³/mol. The van der Waals surface area contributed by atoms with Crippen LogP contribution in [0.15, 0.2) is 194 Å². The lowest BCUT2D eigenvalue weighted by Gasteiger charge is -2.23. The molecular weight excluding hydrogens is 841 g/mol. The third-order valence-electron chi connectivity index (χ3n) is 17.1. The molecule has 0 bridgehead atoms. The molecule has 4 aliphatic carbocycles. The van der Waals surface area contributed by atoms with Gasteiger partial charge in [0.15, 0.2) is 0 Å². The minimum absolute atomic E-state index is 0.106. The molecule has 0 aromatic heterocycles. The normalized spacial score (nSPS) is 14.4. The lowest BCUT2D eigenvalue weighted by Crippen LogP contribution is -2.15. The number of hydrogen-bond donors (Lipinski definition) is 0. The molecule has 0 saturated heterocycles. The standard InChI is InChI=1S/C70H50/c1-39-15-13-17-43(35-39)61-51-21-7-8-22-52(51)62(44-18-14-16-40(2)36-44)68-56-34-32-54-64-46(42-26-28-50-48-20-10-12-24-58(48)70(5,6)60(50)38-42)30-29-45(63(64)53-31-33-55(67(61)68)66(56)65(53)54)41-25-27-49-47-19-9-11-23-57(47)69(3,4)59(49)37-41/h7-38H,1-6H3. The monoisotopic (exact) mass is 890 g/mol. The van der Waals surface area contributed by atoms with Gasteiger partial charge in [-0.15, -0.1) is 0 Å². The van der Waals surface area contributed by atoms with Gasteiger partial charge in [0.25, 0.3) is 0 Å². The predicted octanol–water partition coefficient (Wildman–Crippen LogP) is 19.2. The maximum absolute atomic E-state index is 2.52. The van der Waals surface area contributed by atoms with E-state index in [2.05, 4.69) is 236 Å². The third-order valence-corrected chi connectivity index (χ3v) is 17.1. The Morgan fingerprint density at radius 2 is 0.600 bits per heavy atom. The number of hydrogen-bond acceptors (Lipinski definition) is 0. The molecule has 0 N–H and O–H groups in total. The second-order valence-corrected chi connectivity index (χ2v) is 21.6. The second-order valence-electron chi connectivity index (χ2n) is 21.6. The number of aryl methyl sites for hydroxylation is 2. The first-order valence-corrected chi connectivity index (χ1v) is 25.1. The quantitative estimate of drug-likeness (QED) is 0.165. The summed E-state index contributed by atoms with van der Waals surface area (Å²) in [5.41, 5.74) is 34.3. The van der Waals surface area contributed by atoms with Gasteiger partial charge in [-0.25, -0.2) is 0 Å². The van der Waals surface area contributed by atoms with Gasteiger partial charge in [-0.3, -0.25) is 0 Å². The van der Waals surface area contributed by atoms with E-state index < -0.39 is 0 Å². The molecule has 0 atom stereocenters. The van der Waals surface area contributed by atoms with Gasteiger partial charge < -0.3 is 0 Å². The summed E-state index contributed by atoms with van der Waals surface area (Å²) in [5, 5.41) is 5.32. The molecule has 0 radical (unpaired) electrons. The molecule has 0 aliphatic heterocycles. The maximum Gasteiger partial charge on any atom is 0.0159 e. The van der Waals surface area contributed by atoms with Gasteiger partial charge in [0, 0.05) is 10.8 Å². The van der Waals surface area contributed by atoms with Crippen molar-refractivity contribution in [3.63, 3.8) is 0 Å². The molecule has 0 nitrogen and oxygen atoms in total. The van der Waals surface area contributed by atoms with E-state index in [-0.39, 0.29) is 10.8 Å². The summed E-state index contributed by atoms with van der Waals surface area (Å²) in [7, 11) is 0. The van der Waals surface area contributed by atoms with E-state index in [0.29, 0.717) is 0 Å². The molecule has 0 heteroatoms. The van der Waals surface area contributed by atoms with Crippen LogP contribution in [0.25, 0.3) is 133 Å². The molecule has 11 aromatic rings. The fourth-order valence-corrected chi connectivity index (χ4v) is 13.9. The molecule has 0 unspecified atom stereocenters. The highest BCUT2D eigenvalue weighted by Gasteiger charge is 2.40. The number of fused-ring (bicyclic) bond motifs is 13.